The third-order valence-electron chi connectivity index (χ3n) is 4.02. The lowest BCUT2D eigenvalue weighted by molar-refractivity contribution is -0.113. The van der Waals surface area contributed by atoms with E-state index >= 15 is 0 Å². The quantitative estimate of drug-likeness (QED) is 0.252. The number of hydrogen-bond acceptors (Lipinski definition) is 7. The second-order valence-corrected chi connectivity index (χ2v) is 8.68. The Hall–Kier alpha value is -2.69. The summed E-state index contributed by atoms with van der Waals surface area (Å²) < 4.78 is 1.82. The first-order chi connectivity index (χ1) is 14.0. The second kappa shape index (κ2) is 8.36. The predicted octanol–water partition coefficient (Wildman–Crippen LogP) is 3.73. The molecule has 0 saturated heterocycles. The van der Waals surface area contributed by atoms with Gasteiger partial charge in [0.25, 0.3) is 5.56 Å². The molecule has 3 N–H and O–H groups in total. The Morgan fingerprint density at radius 2 is 2.03 bits per heavy atom. The van der Waals surface area contributed by atoms with Gasteiger partial charge in [0.05, 0.1) is 11.1 Å². The minimum Gasteiger partial charge on any atom is -0.334 e. The van der Waals surface area contributed by atoms with Crippen molar-refractivity contribution in [2.45, 2.75) is 5.16 Å². The van der Waals surface area contributed by atoms with E-state index in [-0.39, 0.29) is 22.4 Å². The first-order valence-corrected chi connectivity index (χ1v) is 11.1. The zero-order valence-electron chi connectivity index (χ0n) is 14.8. The average Bonchev–Trinajstić information content (AvgIpc) is 3.16. The lowest BCUT2D eigenvalue weighted by atomic mass is 10.1. The molecule has 4 aromatic rings. The molecule has 3 aromatic heterocycles. The minimum atomic E-state index is -0.340. The van der Waals surface area contributed by atoms with Gasteiger partial charge in [0.15, 0.2) is 5.16 Å². The van der Waals surface area contributed by atoms with E-state index in [9.17, 15) is 9.59 Å². The van der Waals surface area contributed by atoms with Crippen LogP contribution >= 0.6 is 39.0 Å². The maximum absolute atomic E-state index is 12.8. The van der Waals surface area contributed by atoms with E-state index in [0.717, 1.165) is 32.0 Å². The highest BCUT2D eigenvalue weighted by Crippen LogP contribution is 2.31. The van der Waals surface area contributed by atoms with Gasteiger partial charge in [-0.2, -0.15) is 0 Å². The number of nitrogen functional groups attached to an aromatic ring is 1. The van der Waals surface area contributed by atoms with Gasteiger partial charge in [0.1, 0.15) is 10.6 Å². The molecule has 0 fully saturated rings. The van der Waals surface area contributed by atoms with Crippen molar-refractivity contribution in [3.05, 3.63) is 68.9 Å². The van der Waals surface area contributed by atoms with Crippen molar-refractivity contribution in [1.82, 2.24) is 14.6 Å². The number of fused-ring (bicyclic) bond motifs is 1. The van der Waals surface area contributed by atoms with Crippen LogP contribution in [0.1, 0.15) is 0 Å². The zero-order chi connectivity index (χ0) is 20.4. The standard InChI is InChI=1S/C19H14BrN5O2S2/c20-12-6-7-14(22-8-12)23-15(26)10-29-19-24-17-16(18(27)25(19)21)13(9-28-17)11-4-2-1-3-5-11/h1-9H,10,21H2,(H,22,23,26). The number of nitrogens with two attached hydrogens (primary N) is 1. The number of rotatable bonds is 5. The Labute approximate surface area is 182 Å². The molecule has 29 heavy (non-hydrogen) atoms. The van der Waals surface area contributed by atoms with Gasteiger partial charge in [-0.1, -0.05) is 42.1 Å². The van der Waals surface area contributed by atoms with E-state index in [1.54, 1.807) is 18.3 Å². The van der Waals surface area contributed by atoms with Crippen LogP contribution in [0.2, 0.25) is 0 Å². The number of nitrogens with one attached hydrogen (secondary N) is 1. The molecule has 0 spiro atoms. The molecule has 0 bridgehead atoms. The van der Waals surface area contributed by atoms with Crippen LogP contribution in [0.25, 0.3) is 21.3 Å². The van der Waals surface area contributed by atoms with Crippen molar-refractivity contribution in [3.8, 4) is 11.1 Å². The number of nitrogens with zero attached hydrogens (tertiary/aromatic N) is 3. The van der Waals surface area contributed by atoms with Gasteiger partial charge < -0.3 is 11.2 Å². The Bertz CT molecular complexity index is 1240. The number of benzene rings is 1. The fourth-order valence-electron chi connectivity index (χ4n) is 2.68. The molecule has 4 rings (SSSR count). The average molecular weight is 488 g/mol. The summed E-state index contributed by atoms with van der Waals surface area (Å²) in [5.41, 5.74) is 1.39. The first kappa shape index (κ1) is 19.6. The highest BCUT2D eigenvalue weighted by Gasteiger charge is 2.17. The van der Waals surface area contributed by atoms with E-state index in [1.807, 2.05) is 35.7 Å². The van der Waals surface area contributed by atoms with Crippen LogP contribution in [0.3, 0.4) is 0 Å². The van der Waals surface area contributed by atoms with E-state index in [2.05, 4.69) is 31.2 Å². The van der Waals surface area contributed by atoms with Gasteiger partial charge in [-0.3, -0.25) is 9.59 Å². The molecular formula is C19H14BrN5O2S2. The summed E-state index contributed by atoms with van der Waals surface area (Å²) in [6.07, 6.45) is 1.59. The summed E-state index contributed by atoms with van der Waals surface area (Å²) in [5.74, 6) is 6.21. The van der Waals surface area contributed by atoms with E-state index in [4.69, 9.17) is 5.84 Å². The van der Waals surface area contributed by atoms with Crippen LogP contribution in [0.15, 0.2) is 68.5 Å². The van der Waals surface area contributed by atoms with Crippen LogP contribution in [-0.2, 0) is 4.79 Å². The Kier molecular flexibility index (Phi) is 5.65. The second-order valence-electron chi connectivity index (χ2n) is 5.96. The number of halogens is 1. The molecule has 7 nitrogen and oxygen atoms in total. The highest BCUT2D eigenvalue weighted by molar-refractivity contribution is 9.10. The van der Waals surface area contributed by atoms with E-state index < -0.39 is 0 Å². The number of amides is 1. The van der Waals surface area contributed by atoms with Crippen molar-refractivity contribution in [2.75, 3.05) is 16.9 Å². The molecular weight excluding hydrogens is 474 g/mol. The molecule has 146 valence electrons. The first-order valence-electron chi connectivity index (χ1n) is 8.42. The van der Waals surface area contributed by atoms with Crippen LogP contribution in [0, 0.1) is 0 Å². The van der Waals surface area contributed by atoms with Crippen molar-refractivity contribution < 1.29 is 4.79 Å². The number of thioether (sulfide) groups is 1. The maximum Gasteiger partial charge on any atom is 0.282 e. The molecule has 1 amide bonds. The third-order valence-corrected chi connectivity index (χ3v) is 6.31. The molecule has 0 radical (unpaired) electrons. The molecule has 0 saturated carbocycles. The monoisotopic (exact) mass is 487 g/mol. The Morgan fingerprint density at radius 1 is 1.24 bits per heavy atom. The SMILES string of the molecule is Nn1c(SCC(=O)Nc2ccc(Br)cn2)nc2scc(-c3ccccc3)c2c1=O. The fraction of sp³-hybridized carbons (Fsp3) is 0.0526. The number of anilines is 1. The zero-order valence-corrected chi connectivity index (χ0v) is 18.1. The highest BCUT2D eigenvalue weighted by atomic mass is 79.9. The van der Waals surface area contributed by atoms with Crippen molar-refractivity contribution in [2.24, 2.45) is 0 Å². The van der Waals surface area contributed by atoms with Crippen LogP contribution in [0.5, 0.6) is 0 Å². The lowest BCUT2D eigenvalue weighted by Crippen LogP contribution is -2.30. The number of thiophene rings is 1. The maximum atomic E-state index is 12.8. The van der Waals surface area contributed by atoms with Gasteiger partial charge in [-0.25, -0.2) is 14.6 Å². The van der Waals surface area contributed by atoms with E-state index in [0.29, 0.717) is 16.0 Å². The fourth-order valence-corrected chi connectivity index (χ4v) is 4.62. The normalized spacial score (nSPS) is 10.9. The van der Waals surface area contributed by atoms with Crippen LogP contribution in [0.4, 0.5) is 5.82 Å². The minimum absolute atomic E-state index is 0.0454. The summed E-state index contributed by atoms with van der Waals surface area (Å²) in [6, 6.07) is 13.1. The number of hydrogen-bond donors (Lipinski definition) is 2. The Morgan fingerprint density at radius 3 is 2.76 bits per heavy atom. The largest absolute Gasteiger partial charge is 0.334 e. The Balaban J connectivity index is 1.56. The van der Waals surface area contributed by atoms with Crippen LogP contribution in [-0.4, -0.2) is 26.3 Å². The smallest absolute Gasteiger partial charge is 0.282 e. The molecule has 0 aliphatic carbocycles. The molecule has 3 heterocycles. The number of carbonyl (C=O) groups is 1. The van der Waals surface area contributed by atoms with Crippen molar-refractivity contribution in [3.63, 3.8) is 0 Å². The van der Waals surface area contributed by atoms with Gasteiger partial charge in [-0.05, 0) is 33.6 Å². The van der Waals surface area contributed by atoms with Crippen molar-refractivity contribution in [1.29, 1.82) is 0 Å². The summed E-state index contributed by atoms with van der Waals surface area (Å²) in [4.78, 5) is 34.2. The van der Waals surface area contributed by atoms with Gasteiger partial charge in [0.2, 0.25) is 5.91 Å². The molecule has 0 atom stereocenters. The predicted molar refractivity (Wildman–Crippen MR) is 121 cm³/mol. The van der Waals surface area contributed by atoms with Gasteiger partial charge in [0, 0.05) is 21.6 Å². The lowest BCUT2D eigenvalue weighted by Gasteiger charge is -2.08. The molecule has 1 aromatic carbocycles. The molecule has 0 aliphatic heterocycles. The topological polar surface area (TPSA) is 103 Å². The summed E-state index contributed by atoms with van der Waals surface area (Å²) in [7, 11) is 0. The molecule has 0 unspecified atom stereocenters. The number of pyridine rings is 1. The van der Waals surface area contributed by atoms with Crippen LogP contribution < -0.4 is 16.7 Å². The molecule has 10 heteroatoms. The third kappa shape index (κ3) is 4.19. The summed E-state index contributed by atoms with van der Waals surface area (Å²) in [6.45, 7) is 0. The van der Waals surface area contributed by atoms with Gasteiger partial charge >= 0.3 is 0 Å². The van der Waals surface area contributed by atoms with Gasteiger partial charge in [-0.15, -0.1) is 11.3 Å². The number of carbonyl (C=O) groups excluding carboxylic acids is 1. The summed E-state index contributed by atoms with van der Waals surface area (Å²) >= 11 is 5.76. The summed E-state index contributed by atoms with van der Waals surface area (Å²) in [5, 5.41) is 5.35. The van der Waals surface area contributed by atoms with E-state index in [1.165, 1.54) is 11.3 Å². The number of aromatic nitrogens is 3. The van der Waals surface area contributed by atoms with Crippen molar-refractivity contribution >= 4 is 61.0 Å². The molecule has 0 aliphatic rings.